The lowest BCUT2D eigenvalue weighted by Crippen LogP contribution is -2.13. The zero-order valence-corrected chi connectivity index (χ0v) is 12.9. The van der Waals surface area contributed by atoms with Gasteiger partial charge in [0.05, 0.1) is 23.0 Å². The van der Waals surface area contributed by atoms with Gasteiger partial charge in [0.2, 0.25) is 5.13 Å². The van der Waals surface area contributed by atoms with Crippen molar-refractivity contribution in [2.24, 2.45) is 0 Å². The molecule has 3 aromatic heterocycles. The largest absolute Gasteiger partial charge is 0.417 e. The Morgan fingerprint density at radius 1 is 1.29 bits per heavy atom. The fourth-order valence-corrected chi connectivity index (χ4v) is 2.37. The molecule has 0 unspecified atom stereocenters. The van der Waals surface area contributed by atoms with Crippen LogP contribution in [0.3, 0.4) is 0 Å². The number of alkyl halides is 3. The predicted molar refractivity (Wildman–Crippen MR) is 79.0 cm³/mol. The van der Waals surface area contributed by atoms with Crippen molar-refractivity contribution in [1.29, 1.82) is 0 Å². The molecule has 11 heteroatoms. The summed E-state index contributed by atoms with van der Waals surface area (Å²) in [5.41, 5.74) is 1.30. The lowest BCUT2D eigenvalue weighted by molar-refractivity contribution is -0.137. The lowest BCUT2D eigenvalue weighted by atomic mass is 10.2. The third-order valence-electron chi connectivity index (χ3n) is 3.13. The molecule has 3 heterocycles. The summed E-state index contributed by atoms with van der Waals surface area (Å²) in [7, 11) is 0. The SMILES string of the molecule is Cc1c(C(=O)Nc2nncs2)cnn1-c1ccc(C(F)(F)F)cn1. The molecule has 1 amide bonds. The quantitative estimate of drug-likeness (QED) is 0.782. The minimum atomic E-state index is -4.46. The summed E-state index contributed by atoms with van der Waals surface area (Å²) in [6.45, 7) is 1.61. The lowest BCUT2D eigenvalue weighted by Gasteiger charge is -2.08. The summed E-state index contributed by atoms with van der Waals surface area (Å²) in [6, 6.07) is 2.10. The number of amides is 1. The number of anilines is 1. The van der Waals surface area contributed by atoms with Gasteiger partial charge in [-0.1, -0.05) is 11.3 Å². The third-order valence-corrected chi connectivity index (χ3v) is 3.73. The van der Waals surface area contributed by atoms with E-state index < -0.39 is 17.6 Å². The molecule has 0 saturated carbocycles. The molecule has 7 nitrogen and oxygen atoms in total. The molecule has 124 valence electrons. The summed E-state index contributed by atoms with van der Waals surface area (Å²) < 4.78 is 39.0. The molecule has 0 bridgehead atoms. The monoisotopic (exact) mass is 354 g/mol. The van der Waals surface area contributed by atoms with E-state index in [0.29, 0.717) is 10.8 Å². The van der Waals surface area contributed by atoms with E-state index in [9.17, 15) is 18.0 Å². The van der Waals surface area contributed by atoms with Gasteiger partial charge in [0.15, 0.2) is 5.82 Å². The van der Waals surface area contributed by atoms with E-state index in [0.717, 1.165) is 23.6 Å². The highest BCUT2D eigenvalue weighted by molar-refractivity contribution is 7.13. The summed E-state index contributed by atoms with van der Waals surface area (Å²) >= 11 is 1.16. The first-order chi connectivity index (χ1) is 11.4. The Balaban J connectivity index is 1.86. The van der Waals surface area contributed by atoms with Gasteiger partial charge in [-0.05, 0) is 19.1 Å². The normalized spacial score (nSPS) is 11.5. The van der Waals surface area contributed by atoms with Gasteiger partial charge >= 0.3 is 6.18 Å². The Kier molecular flexibility index (Phi) is 4.01. The molecule has 0 aliphatic carbocycles. The van der Waals surface area contributed by atoms with Crippen LogP contribution in [0.5, 0.6) is 0 Å². The second-order valence-corrected chi connectivity index (χ2v) is 5.49. The zero-order valence-electron chi connectivity index (χ0n) is 12.1. The van der Waals surface area contributed by atoms with Crippen LogP contribution in [0.2, 0.25) is 0 Å². The molecule has 0 saturated heterocycles. The Morgan fingerprint density at radius 2 is 2.08 bits per heavy atom. The molecule has 0 atom stereocenters. The first-order valence-electron chi connectivity index (χ1n) is 6.52. The molecule has 0 aliphatic heterocycles. The van der Waals surface area contributed by atoms with E-state index in [1.807, 2.05) is 0 Å². The third kappa shape index (κ3) is 3.11. The second-order valence-electron chi connectivity index (χ2n) is 4.66. The molecule has 0 spiro atoms. The highest BCUT2D eigenvalue weighted by Crippen LogP contribution is 2.28. The van der Waals surface area contributed by atoms with Crippen LogP contribution < -0.4 is 5.32 Å². The standard InChI is InChI=1S/C13H9F3N6OS/c1-7-9(11(23)20-12-21-18-6-24-12)5-19-22(7)10-3-2-8(4-17-10)13(14,15)16/h2-6H,1H3,(H,20,21,23). The van der Waals surface area contributed by atoms with E-state index in [2.05, 4.69) is 25.6 Å². The average molecular weight is 354 g/mol. The summed E-state index contributed by atoms with van der Waals surface area (Å²) in [5.74, 6) is -0.266. The summed E-state index contributed by atoms with van der Waals surface area (Å²) in [6.07, 6.45) is -2.43. The second kappa shape index (κ2) is 6.00. The minimum Gasteiger partial charge on any atom is -0.296 e. The van der Waals surface area contributed by atoms with Crippen LogP contribution >= 0.6 is 11.3 Å². The van der Waals surface area contributed by atoms with Crippen LogP contribution in [0.15, 0.2) is 30.0 Å². The van der Waals surface area contributed by atoms with Crippen molar-refractivity contribution < 1.29 is 18.0 Å². The van der Waals surface area contributed by atoms with Crippen molar-refractivity contribution in [3.05, 3.63) is 46.9 Å². The maximum absolute atomic E-state index is 12.6. The maximum Gasteiger partial charge on any atom is 0.417 e. The van der Waals surface area contributed by atoms with Gasteiger partial charge in [-0.3, -0.25) is 10.1 Å². The van der Waals surface area contributed by atoms with Gasteiger partial charge in [0, 0.05) is 6.20 Å². The highest BCUT2D eigenvalue weighted by Gasteiger charge is 2.30. The van der Waals surface area contributed by atoms with Gasteiger partial charge in [-0.2, -0.15) is 18.3 Å². The molecule has 24 heavy (non-hydrogen) atoms. The van der Waals surface area contributed by atoms with Crippen molar-refractivity contribution in [3.8, 4) is 5.82 Å². The molecular formula is C13H9F3N6OS. The van der Waals surface area contributed by atoms with Gasteiger partial charge < -0.3 is 0 Å². The highest BCUT2D eigenvalue weighted by atomic mass is 32.1. The van der Waals surface area contributed by atoms with Gasteiger partial charge in [-0.15, -0.1) is 10.2 Å². The molecule has 3 rings (SSSR count). The number of carbonyl (C=O) groups excluding carboxylic acids is 1. The van der Waals surface area contributed by atoms with Crippen LogP contribution in [0.4, 0.5) is 18.3 Å². The van der Waals surface area contributed by atoms with Crippen molar-refractivity contribution >= 4 is 22.4 Å². The van der Waals surface area contributed by atoms with E-state index >= 15 is 0 Å². The van der Waals surface area contributed by atoms with Crippen molar-refractivity contribution in [2.75, 3.05) is 5.32 Å². The number of aromatic nitrogens is 5. The molecule has 0 radical (unpaired) electrons. The number of hydrogen-bond donors (Lipinski definition) is 1. The van der Waals surface area contributed by atoms with Crippen LogP contribution in [-0.2, 0) is 6.18 Å². The predicted octanol–water partition coefficient (Wildman–Crippen LogP) is 2.70. The van der Waals surface area contributed by atoms with E-state index in [-0.39, 0.29) is 11.4 Å². The number of nitrogens with one attached hydrogen (secondary N) is 1. The molecular weight excluding hydrogens is 345 g/mol. The van der Waals surface area contributed by atoms with Crippen molar-refractivity contribution in [1.82, 2.24) is 25.0 Å². The number of carbonyl (C=O) groups is 1. The van der Waals surface area contributed by atoms with Crippen LogP contribution in [0.25, 0.3) is 5.82 Å². The van der Waals surface area contributed by atoms with E-state index in [1.54, 1.807) is 6.92 Å². The number of nitrogens with zero attached hydrogens (tertiary/aromatic N) is 5. The summed E-state index contributed by atoms with van der Waals surface area (Å²) in [5, 5.41) is 14.2. The Hall–Kier alpha value is -2.82. The number of hydrogen-bond acceptors (Lipinski definition) is 6. The van der Waals surface area contributed by atoms with Gasteiger partial charge in [-0.25, -0.2) is 9.67 Å². The Bertz CT molecular complexity index is 857. The average Bonchev–Trinajstić information content (AvgIpc) is 3.16. The van der Waals surface area contributed by atoms with Gasteiger partial charge in [0.1, 0.15) is 5.51 Å². The molecule has 0 aromatic carbocycles. The fourth-order valence-electron chi connectivity index (χ4n) is 1.93. The number of pyridine rings is 1. The number of rotatable bonds is 3. The first kappa shape index (κ1) is 16.1. The van der Waals surface area contributed by atoms with Crippen LogP contribution in [0, 0.1) is 6.92 Å². The van der Waals surface area contributed by atoms with E-state index in [1.165, 1.54) is 22.5 Å². The Labute approximate surface area is 137 Å². The molecule has 0 fully saturated rings. The van der Waals surface area contributed by atoms with Crippen molar-refractivity contribution in [3.63, 3.8) is 0 Å². The van der Waals surface area contributed by atoms with Gasteiger partial charge in [0.25, 0.3) is 5.91 Å². The topological polar surface area (TPSA) is 85.6 Å². The molecule has 1 N–H and O–H groups in total. The van der Waals surface area contributed by atoms with Crippen molar-refractivity contribution in [2.45, 2.75) is 13.1 Å². The molecule has 0 aliphatic rings. The first-order valence-corrected chi connectivity index (χ1v) is 7.40. The molecule has 3 aromatic rings. The fraction of sp³-hybridized carbons (Fsp3) is 0.154. The van der Waals surface area contributed by atoms with Crippen LogP contribution in [-0.4, -0.2) is 30.9 Å². The summed E-state index contributed by atoms with van der Waals surface area (Å²) in [4.78, 5) is 15.9. The minimum absolute atomic E-state index is 0.176. The van der Waals surface area contributed by atoms with E-state index in [4.69, 9.17) is 0 Å². The van der Waals surface area contributed by atoms with Crippen LogP contribution in [0.1, 0.15) is 21.6 Å². The number of halogens is 3. The smallest absolute Gasteiger partial charge is 0.296 e. The zero-order chi connectivity index (χ0) is 17.3. The maximum atomic E-state index is 12.6. The Morgan fingerprint density at radius 3 is 2.67 bits per heavy atom.